The predicted molar refractivity (Wildman–Crippen MR) is 76.1 cm³/mol. The lowest BCUT2D eigenvalue weighted by atomic mass is 9.84. The zero-order valence-electron chi connectivity index (χ0n) is 12.3. The number of ether oxygens (including phenoxy) is 1. The van der Waals surface area contributed by atoms with Gasteiger partial charge < -0.3 is 14.6 Å². The first-order valence-electron chi connectivity index (χ1n) is 7.08. The van der Waals surface area contributed by atoms with Crippen molar-refractivity contribution in [1.29, 1.82) is 0 Å². The molecule has 21 heavy (non-hydrogen) atoms. The van der Waals surface area contributed by atoms with Crippen LogP contribution in [0.2, 0.25) is 0 Å². The van der Waals surface area contributed by atoms with Crippen LogP contribution in [0.4, 0.5) is 0 Å². The van der Waals surface area contributed by atoms with Crippen LogP contribution in [0.5, 0.6) is 0 Å². The highest BCUT2D eigenvalue weighted by Gasteiger charge is 2.53. The Kier molecular flexibility index (Phi) is 3.54. The summed E-state index contributed by atoms with van der Waals surface area (Å²) in [5, 5.41) is 0. The van der Waals surface area contributed by atoms with Gasteiger partial charge in [0.05, 0.1) is 18.5 Å². The summed E-state index contributed by atoms with van der Waals surface area (Å²) >= 11 is 0. The SMILES string of the molecule is COCC1CN(C)C2(C1)CN(C(=O)c1cc(=O)[nH]cn1)C2. The van der Waals surface area contributed by atoms with Crippen molar-refractivity contribution in [2.24, 2.45) is 5.92 Å². The van der Waals surface area contributed by atoms with Crippen molar-refractivity contribution in [2.45, 2.75) is 12.0 Å². The van der Waals surface area contributed by atoms with Gasteiger partial charge in [-0.3, -0.25) is 14.5 Å². The maximum absolute atomic E-state index is 12.3. The molecule has 2 fully saturated rings. The van der Waals surface area contributed by atoms with E-state index in [2.05, 4.69) is 21.9 Å². The Morgan fingerprint density at radius 1 is 1.57 bits per heavy atom. The molecule has 1 amide bonds. The second kappa shape index (κ2) is 5.23. The Hall–Kier alpha value is -1.73. The fourth-order valence-electron chi connectivity index (χ4n) is 3.51. The van der Waals surface area contributed by atoms with Gasteiger partial charge >= 0.3 is 0 Å². The molecule has 2 aliphatic rings. The Bertz CT molecular complexity index is 594. The second-order valence-electron chi connectivity index (χ2n) is 6.09. The lowest BCUT2D eigenvalue weighted by molar-refractivity contribution is -0.00822. The highest BCUT2D eigenvalue weighted by Crippen LogP contribution is 2.39. The number of hydrogen-bond acceptors (Lipinski definition) is 5. The van der Waals surface area contributed by atoms with Gasteiger partial charge in [0.15, 0.2) is 0 Å². The van der Waals surface area contributed by atoms with Gasteiger partial charge in [-0.05, 0) is 19.4 Å². The molecule has 1 aromatic rings. The number of carbonyl (C=O) groups excluding carboxylic acids is 1. The van der Waals surface area contributed by atoms with Crippen LogP contribution >= 0.6 is 0 Å². The molecular weight excluding hydrogens is 272 g/mol. The highest BCUT2D eigenvalue weighted by atomic mass is 16.5. The molecule has 0 aliphatic carbocycles. The third kappa shape index (κ3) is 2.47. The Morgan fingerprint density at radius 2 is 2.33 bits per heavy atom. The summed E-state index contributed by atoms with van der Waals surface area (Å²) < 4.78 is 5.24. The number of aromatic amines is 1. The molecule has 114 valence electrons. The van der Waals surface area contributed by atoms with E-state index in [1.54, 1.807) is 12.0 Å². The first kappa shape index (κ1) is 14.2. The van der Waals surface area contributed by atoms with E-state index in [-0.39, 0.29) is 22.7 Å². The van der Waals surface area contributed by atoms with Crippen molar-refractivity contribution in [2.75, 3.05) is 40.4 Å². The standard InChI is InChI=1S/C14H20N4O3/c1-17-5-10(6-21-2)4-14(17)7-18(8-14)13(20)11-3-12(19)16-9-15-11/h3,9-10H,4-8H2,1-2H3,(H,15,16,19). The van der Waals surface area contributed by atoms with Crippen LogP contribution in [0.15, 0.2) is 17.2 Å². The fraction of sp³-hybridized carbons (Fsp3) is 0.643. The lowest BCUT2D eigenvalue weighted by Crippen LogP contribution is -2.68. The third-order valence-electron chi connectivity index (χ3n) is 4.57. The first-order valence-corrected chi connectivity index (χ1v) is 7.08. The summed E-state index contributed by atoms with van der Waals surface area (Å²) in [7, 11) is 3.82. The number of hydrogen-bond donors (Lipinski definition) is 1. The van der Waals surface area contributed by atoms with Gasteiger partial charge in [-0.15, -0.1) is 0 Å². The summed E-state index contributed by atoms with van der Waals surface area (Å²) in [6.07, 6.45) is 2.31. The zero-order valence-corrected chi connectivity index (χ0v) is 12.3. The van der Waals surface area contributed by atoms with Crippen LogP contribution in [-0.2, 0) is 4.74 Å². The molecule has 3 rings (SSSR count). The van der Waals surface area contributed by atoms with Crippen LogP contribution in [0.25, 0.3) is 0 Å². The molecule has 7 heteroatoms. The molecule has 1 aromatic heterocycles. The monoisotopic (exact) mass is 292 g/mol. The lowest BCUT2D eigenvalue weighted by Gasteiger charge is -2.51. The van der Waals surface area contributed by atoms with Crippen LogP contribution < -0.4 is 5.56 Å². The average Bonchev–Trinajstić information content (AvgIpc) is 2.73. The minimum absolute atomic E-state index is 0.0695. The Labute approximate surface area is 122 Å². The summed E-state index contributed by atoms with van der Waals surface area (Å²) in [6.45, 7) is 3.14. The van der Waals surface area contributed by atoms with Crippen molar-refractivity contribution in [3.8, 4) is 0 Å². The van der Waals surface area contributed by atoms with E-state index < -0.39 is 0 Å². The number of likely N-dealkylation sites (tertiary alicyclic amines) is 2. The smallest absolute Gasteiger partial charge is 0.272 e. The highest BCUT2D eigenvalue weighted by molar-refractivity contribution is 5.93. The molecule has 0 saturated carbocycles. The van der Waals surface area contributed by atoms with Crippen molar-refractivity contribution < 1.29 is 9.53 Å². The maximum atomic E-state index is 12.3. The van der Waals surface area contributed by atoms with Gasteiger partial charge in [0, 0.05) is 32.8 Å². The van der Waals surface area contributed by atoms with Gasteiger partial charge in [-0.25, -0.2) is 4.98 Å². The molecule has 1 N–H and O–H groups in total. The van der Waals surface area contributed by atoms with Crippen molar-refractivity contribution >= 4 is 5.91 Å². The van der Waals surface area contributed by atoms with E-state index in [4.69, 9.17) is 4.74 Å². The molecule has 2 aliphatic heterocycles. The predicted octanol–water partition coefficient (Wildman–Crippen LogP) is -0.437. The van der Waals surface area contributed by atoms with E-state index in [9.17, 15) is 9.59 Å². The molecule has 0 bridgehead atoms. The normalized spacial score (nSPS) is 24.3. The third-order valence-corrected chi connectivity index (χ3v) is 4.57. The topological polar surface area (TPSA) is 78.5 Å². The maximum Gasteiger partial charge on any atom is 0.272 e. The Balaban J connectivity index is 1.65. The number of rotatable bonds is 3. The van der Waals surface area contributed by atoms with Crippen molar-refractivity contribution in [3.05, 3.63) is 28.4 Å². The van der Waals surface area contributed by atoms with Crippen LogP contribution in [0, 0.1) is 5.92 Å². The van der Waals surface area contributed by atoms with E-state index >= 15 is 0 Å². The van der Waals surface area contributed by atoms with Gasteiger partial charge in [-0.1, -0.05) is 0 Å². The average molecular weight is 292 g/mol. The molecule has 3 heterocycles. The molecule has 0 radical (unpaired) electrons. The fourth-order valence-corrected chi connectivity index (χ4v) is 3.51. The van der Waals surface area contributed by atoms with Gasteiger partial charge in [0.25, 0.3) is 11.5 Å². The molecule has 1 unspecified atom stereocenters. The first-order chi connectivity index (χ1) is 10.0. The minimum Gasteiger partial charge on any atom is -0.384 e. The van der Waals surface area contributed by atoms with Gasteiger partial charge in [-0.2, -0.15) is 0 Å². The summed E-state index contributed by atoms with van der Waals surface area (Å²) in [5.41, 5.74) is -0.0236. The van der Waals surface area contributed by atoms with Crippen molar-refractivity contribution in [1.82, 2.24) is 19.8 Å². The molecule has 1 atom stereocenters. The largest absolute Gasteiger partial charge is 0.384 e. The number of likely N-dealkylation sites (N-methyl/N-ethyl adjacent to an activating group) is 1. The van der Waals surface area contributed by atoms with Crippen LogP contribution in [0.1, 0.15) is 16.9 Å². The molecule has 0 aromatic carbocycles. The summed E-state index contributed by atoms with van der Waals surface area (Å²) in [4.78, 5) is 34.0. The van der Waals surface area contributed by atoms with Crippen LogP contribution in [0.3, 0.4) is 0 Å². The number of aromatic nitrogens is 2. The zero-order chi connectivity index (χ0) is 15.0. The van der Waals surface area contributed by atoms with E-state index in [1.807, 2.05) is 0 Å². The number of carbonyl (C=O) groups is 1. The number of nitrogens with one attached hydrogen (secondary N) is 1. The van der Waals surface area contributed by atoms with Crippen LogP contribution in [-0.4, -0.2) is 71.6 Å². The number of H-pyrrole nitrogens is 1. The summed E-state index contributed by atoms with van der Waals surface area (Å²) in [6, 6.07) is 1.25. The second-order valence-corrected chi connectivity index (χ2v) is 6.09. The quantitative estimate of drug-likeness (QED) is 0.817. The van der Waals surface area contributed by atoms with E-state index in [0.29, 0.717) is 19.0 Å². The minimum atomic E-state index is -0.304. The van der Waals surface area contributed by atoms with E-state index in [0.717, 1.165) is 19.6 Å². The number of nitrogens with zero attached hydrogens (tertiary/aromatic N) is 3. The van der Waals surface area contributed by atoms with Gasteiger partial charge in [0.1, 0.15) is 5.69 Å². The molecule has 2 saturated heterocycles. The molecule has 1 spiro atoms. The van der Waals surface area contributed by atoms with E-state index in [1.165, 1.54) is 12.4 Å². The number of amides is 1. The molecule has 7 nitrogen and oxygen atoms in total. The number of methoxy groups -OCH3 is 1. The Morgan fingerprint density at radius 3 is 3.00 bits per heavy atom. The van der Waals surface area contributed by atoms with Crippen molar-refractivity contribution in [3.63, 3.8) is 0 Å². The molecular formula is C14H20N4O3. The summed E-state index contributed by atoms with van der Waals surface area (Å²) in [5.74, 6) is 0.352. The van der Waals surface area contributed by atoms with Gasteiger partial charge in [0.2, 0.25) is 0 Å².